The number of aliphatic hydroxyl groups is 1. The van der Waals surface area contributed by atoms with Crippen LogP contribution in [-0.4, -0.2) is 52.3 Å². The Hall–Kier alpha value is -0.506. The van der Waals surface area contributed by atoms with Crippen LogP contribution in [0.3, 0.4) is 0 Å². The first-order valence-corrected chi connectivity index (χ1v) is 25.1. The summed E-state index contributed by atoms with van der Waals surface area (Å²) < 4.78 is 20.7. The Bertz CT molecular complexity index is 1080. The third-order valence-corrected chi connectivity index (χ3v) is 22.8. The van der Waals surface area contributed by atoms with Gasteiger partial charge in [0.2, 0.25) is 0 Å². The number of ether oxygens (including phenoxy) is 1. The fourth-order valence-electron chi connectivity index (χ4n) is 8.13. The second-order valence-corrected chi connectivity index (χ2v) is 28.5. The maximum Gasteiger partial charge on any atom is 0.192 e. The molecule has 3 aliphatic carbocycles. The van der Waals surface area contributed by atoms with Crippen molar-refractivity contribution in [1.29, 1.82) is 0 Å². The molecule has 0 aromatic heterocycles. The van der Waals surface area contributed by atoms with Gasteiger partial charge in [-0.3, -0.25) is 0 Å². The van der Waals surface area contributed by atoms with Crippen LogP contribution in [0, 0.1) is 17.3 Å². The monoisotopic (exact) mass is 689 g/mol. The maximum absolute atomic E-state index is 10.7. The molecule has 0 aromatic carbocycles. The maximum atomic E-state index is 10.7. The molecule has 0 amide bonds. The van der Waals surface area contributed by atoms with E-state index >= 15 is 0 Å². The molecule has 6 atom stereocenters. The van der Waals surface area contributed by atoms with Crippen molar-refractivity contribution in [1.82, 2.24) is 0 Å². The molecule has 3 saturated carbocycles. The Labute approximate surface area is 293 Å². The zero-order chi connectivity index (χ0) is 35.6. The number of hydrogen-bond donors (Lipinski definition) is 1. The van der Waals surface area contributed by atoms with Crippen molar-refractivity contribution in [2.24, 2.45) is 17.3 Å². The summed E-state index contributed by atoms with van der Waals surface area (Å²) >= 11 is 0. The van der Waals surface area contributed by atoms with E-state index in [0.29, 0.717) is 17.3 Å². The molecule has 3 rings (SSSR count). The van der Waals surface area contributed by atoms with E-state index in [-0.39, 0.29) is 28.4 Å². The summed E-state index contributed by atoms with van der Waals surface area (Å²) in [6, 6.07) is 0. The summed E-state index contributed by atoms with van der Waals surface area (Å²) in [5.74, 6) is 1.22. The first-order chi connectivity index (χ1) is 21.5. The van der Waals surface area contributed by atoms with Gasteiger partial charge in [0.05, 0.1) is 23.9 Å². The molecule has 0 aromatic rings. The van der Waals surface area contributed by atoms with Crippen molar-refractivity contribution in [3.05, 3.63) is 35.5 Å². The van der Waals surface area contributed by atoms with Gasteiger partial charge in [-0.25, -0.2) is 0 Å². The van der Waals surface area contributed by atoms with Crippen LogP contribution in [0.1, 0.15) is 140 Å². The predicted molar refractivity (Wildman–Crippen MR) is 207 cm³/mol. The molecule has 272 valence electrons. The minimum absolute atomic E-state index is 0.0141. The fraction of sp³-hybridized carbons (Fsp3) is 0.854. The molecule has 0 bridgehead atoms. The molecule has 0 saturated heterocycles. The molecule has 3 unspecified atom stereocenters. The van der Waals surface area contributed by atoms with Crippen molar-refractivity contribution < 1.29 is 18.7 Å². The molecule has 0 aliphatic heterocycles. The summed E-state index contributed by atoms with van der Waals surface area (Å²) in [5.41, 5.74) is 4.00. The molecule has 47 heavy (non-hydrogen) atoms. The van der Waals surface area contributed by atoms with Gasteiger partial charge >= 0.3 is 0 Å². The van der Waals surface area contributed by atoms with Crippen molar-refractivity contribution in [2.75, 3.05) is 6.61 Å². The van der Waals surface area contributed by atoms with Gasteiger partial charge in [0.15, 0.2) is 16.6 Å². The highest BCUT2D eigenvalue weighted by Gasteiger charge is 2.51. The second-order valence-electron chi connectivity index (χ2n) is 19.0. The molecule has 3 aliphatic rings. The zero-order valence-corrected chi connectivity index (χ0v) is 35.4. The molecule has 1 N–H and O–H groups in total. The fourth-order valence-corrected chi connectivity index (χ4v) is 10.7. The highest BCUT2D eigenvalue weighted by atomic mass is 28.4. The third-order valence-electron chi connectivity index (χ3n) is 13.8. The topological polar surface area (TPSA) is 47.9 Å². The lowest BCUT2D eigenvalue weighted by Crippen LogP contribution is -2.49. The van der Waals surface area contributed by atoms with Gasteiger partial charge < -0.3 is 18.7 Å². The minimum atomic E-state index is -1.99. The van der Waals surface area contributed by atoms with Crippen LogP contribution in [0.25, 0.3) is 0 Å². The van der Waals surface area contributed by atoms with Crippen LogP contribution < -0.4 is 0 Å². The Balaban J connectivity index is 1.80. The van der Waals surface area contributed by atoms with E-state index in [9.17, 15) is 5.11 Å². The van der Waals surface area contributed by atoms with Crippen LogP contribution >= 0.6 is 0 Å². The molecular weight excluding hydrogens is 613 g/mol. The van der Waals surface area contributed by atoms with E-state index in [1.807, 2.05) is 0 Å². The molecule has 6 heteroatoms. The number of fused-ring (bicyclic) bond motifs is 1. The highest BCUT2D eigenvalue weighted by molar-refractivity contribution is 6.74. The third kappa shape index (κ3) is 9.64. The molecule has 0 radical (unpaired) electrons. The summed E-state index contributed by atoms with van der Waals surface area (Å²) in [6.07, 6.45) is 16.8. The lowest BCUT2D eigenvalue weighted by Gasteiger charge is -2.46. The van der Waals surface area contributed by atoms with Gasteiger partial charge in [-0.1, -0.05) is 92.2 Å². The lowest BCUT2D eigenvalue weighted by molar-refractivity contribution is -0.0365. The molecule has 3 fully saturated rings. The van der Waals surface area contributed by atoms with Crippen molar-refractivity contribution in [2.45, 2.75) is 200 Å². The van der Waals surface area contributed by atoms with Crippen LogP contribution in [-0.2, 0) is 13.6 Å². The van der Waals surface area contributed by atoms with E-state index in [1.165, 1.54) is 37.7 Å². The second kappa shape index (κ2) is 15.4. The Kier molecular flexibility index (Phi) is 13.4. The van der Waals surface area contributed by atoms with Gasteiger partial charge in [-0.15, -0.1) is 0 Å². The molecule has 0 heterocycles. The van der Waals surface area contributed by atoms with Crippen molar-refractivity contribution in [3.63, 3.8) is 0 Å². The Morgan fingerprint density at radius 1 is 0.915 bits per heavy atom. The van der Waals surface area contributed by atoms with Gasteiger partial charge in [0.1, 0.15) is 0 Å². The zero-order valence-electron chi connectivity index (χ0n) is 33.4. The molecule has 0 spiro atoms. The Morgan fingerprint density at radius 2 is 1.45 bits per heavy atom. The van der Waals surface area contributed by atoms with E-state index < -0.39 is 22.2 Å². The normalized spacial score (nSPS) is 29.7. The molecule has 4 nitrogen and oxygen atoms in total. The first kappa shape index (κ1) is 40.9. The number of rotatable bonds is 13. The predicted octanol–water partition coefficient (Wildman–Crippen LogP) is 11.9. The van der Waals surface area contributed by atoms with Gasteiger partial charge in [0, 0.05) is 6.61 Å². The SMILES string of the molecule is C=C1[C@H](O[Si](C)(C)C(C)(C)C)CC(=C/C=C2\CCCC3(C)C2CCC3[C@@H](C)OCCCC(O)(CC)CC)C[C@H]1O[Si](C)(C)C(C)(C)C. The highest BCUT2D eigenvalue weighted by Crippen LogP contribution is 2.58. The average molecular weight is 689 g/mol. The number of hydrogen-bond acceptors (Lipinski definition) is 4. The standard InChI is InChI=1S/C41H76O4Si2/c1-16-41(42,17-2)26-19-27-43-31(4)34-23-24-35-33(20-18-25-40(34,35)11)22-21-32-28-36(44-46(12,13)38(5,6)7)30(3)37(29-32)45-47(14,15)39(8,9)10/h21-22,31,34-37,42H,3,16-20,23-29H2,1-2,4-15H3/b33-22+/t31-,34?,35?,36-,37-,40?/m1/s1. The summed E-state index contributed by atoms with van der Waals surface area (Å²) in [5, 5.41) is 11.0. The van der Waals surface area contributed by atoms with Crippen LogP contribution in [0.5, 0.6) is 0 Å². The van der Waals surface area contributed by atoms with Crippen LogP contribution in [0.15, 0.2) is 35.5 Å². The van der Waals surface area contributed by atoms with Crippen molar-refractivity contribution >= 4 is 16.6 Å². The quantitative estimate of drug-likeness (QED) is 0.119. The summed E-state index contributed by atoms with van der Waals surface area (Å²) in [4.78, 5) is 0. The largest absolute Gasteiger partial charge is 0.410 e. The van der Waals surface area contributed by atoms with E-state index in [0.717, 1.165) is 50.7 Å². The number of allylic oxidation sites excluding steroid dienone is 3. The van der Waals surface area contributed by atoms with Crippen LogP contribution in [0.4, 0.5) is 0 Å². The lowest BCUT2D eigenvalue weighted by atomic mass is 9.62. The van der Waals surface area contributed by atoms with Gasteiger partial charge in [-0.2, -0.15) is 0 Å². The van der Waals surface area contributed by atoms with E-state index in [1.54, 1.807) is 5.57 Å². The molecular formula is C41H76O4Si2. The Morgan fingerprint density at radius 3 is 1.94 bits per heavy atom. The smallest absolute Gasteiger partial charge is 0.192 e. The van der Waals surface area contributed by atoms with E-state index in [2.05, 4.69) is 114 Å². The summed E-state index contributed by atoms with van der Waals surface area (Å²) in [6.45, 7) is 37.9. The first-order valence-electron chi connectivity index (χ1n) is 19.3. The van der Waals surface area contributed by atoms with Crippen molar-refractivity contribution in [3.8, 4) is 0 Å². The van der Waals surface area contributed by atoms with Gasteiger partial charge in [0.25, 0.3) is 0 Å². The minimum Gasteiger partial charge on any atom is -0.410 e. The van der Waals surface area contributed by atoms with Crippen LogP contribution in [0.2, 0.25) is 36.3 Å². The average Bonchev–Trinajstić information content (AvgIpc) is 3.32. The summed E-state index contributed by atoms with van der Waals surface area (Å²) in [7, 11) is -3.98. The van der Waals surface area contributed by atoms with E-state index in [4.69, 9.17) is 13.6 Å². The van der Waals surface area contributed by atoms with Gasteiger partial charge in [-0.05, 0) is 137 Å².